The third-order valence-corrected chi connectivity index (χ3v) is 12.6. The Hall–Kier alpha value is -10.3. The number of anilines is 2. The Balaban J connectivity index is -0.000000207. The van der Waals surface area contributed by atoms with Gasteiger partial charge in [0.25, 0.3) is 32.2 Å². The summed E-state index contributed by atoms with van der Waals surface area (Å²) in [6.07, 6.45) is 8.81. The first kappa shape index (κ1) is 113. The van der Waals surface area contributed by atoms with Gasteiger partial charge in [0.2, 0.25) is 17.7 Å². The van der Waals surface area contributed by atoms with Crippen LogP contribution in [-0.2, 0) is 81.3 Å². The van der Waals surface area contributed by atoms with E-state index in [-0.39, 0.29) is 173 Å². The number of nitrogens with one attached hydrogen (secondary N) is 3. The Labute approximate surface area is 652 Å². The van der Waals surface area contributed by atoms with E-state index < -0.39 is 99.5 Å². The molecule has 0 spiro atoms. The molecule has 44 nitrogen and oxygen atoms in total. The summed E-state index contributed by atoms with van der Waals surface area (Å²) in [7, 11) is 4.34. The van der Waals surface area contributed by atoms with Gasteiger partial charge in [0.05, 0.1) is 88.0 Å². The average molecular weight is 1610 g/mol. The number of carboxylic acids is 2. The van der Waals surface area contributed by atoms with E-state index >= 15 is 0 Å². The fraction of sp³-hybridized carbons (Fsp3) is 0.603. The molecule has 3 atom stereocenters. The molecule has 3 unspecified atom stereocenters. The van der Waals surface area contributed by atoms with E-state index in [2.05, 4.69) is 57.9 Å². The normalized spacial score (nSPS) is 10.5. The van der Waals surface area contributed by atoms with Crippen molar-refractivity contribution in [1.29, 1.82) is 0 Å². The molecule has 0 radical (unpaired) electrons. The third kappa shape index (κ3) is 68.3. The van der Waals surface area contributed by atoms with Crippen molar-refractivity contribution in [1.82, 2.24) is 5.32 Å². The fourth-order valence-corrected chi connectivity index (χ4v) is 7.52. The minimum atomic E-state index is -1.18. The molecular formula is C63H105ClFLiN10O34. The fourth-order valence-electron chi connectivity index (χ4n) is 7.52. The van der Waals surface area contributed by atoms with Crippen LogP contribution in [0, 0.1) is 40.5 Å². The van der Waals surface area contributed by atoms with Gasteiger partial charge in [-0.25, -0.2) is 0 Å². The van der Waals surface area contributed by atoms with E-state index in [1.54, 1.807) is 26.0 Å². The number of ether oxygens (including phenoxy) is 8. The van der Waals surface area contributed by atoms with Crippen molar-refractivity contribution in [3.05, 3.63) is 101 Å². The molecule has 0 aromatic heterocycles. The van der Waals surface area contributed by atoms with Gasteiger partial charge in [-0.2, -0.15) is 0 Å². The first-order chi connectivity index (χ1) is 51.2. The van der Waals surface area contributed by atoms with Crippen LogP contribution in [-0.4, -0.2) is 226 Å². The van der Waals surface area contributed by atoms with E-state index in [0.717, 1.165) is 19.3 Å². The Bertz CT molecular complexity index is 3000. The summed E-state index contributed by atoms with van der Waals surface area (Å²) in [5.74, 6) is -6.18. The number of esters is 2. The van der Waals surface area contributed by atoms with Gasteiger partial charge in [-0.3, -0.25) is 47.5 Å². The van der Waals surface area contributed by atoms with Gasteiger partial charge in [0, 0.05) is 45.2 Å². The molecule has 0 heterocycles. The number of alkyl halides is 1. The maximum absolute atomic E-state index is 12.0. The van der Waals surface area contributed by atoms with Crippen LogP contribution in [0.4, 0.5) is 15.8 Å². The number of aliphatic carboxylic acids is 2. The molecule has 2 rings (SSSR count). The number of nitrogens with zero attached hydrogens (tertiary/aromatic N) is 4. The van der Waals surface area contributed by atoms with Gasteiger partial charge in [-0.1, -0.05) is 26.0 Å². The molecule has 0 aliphatic rings. The van der Waals surface area contributed by atoms with Gasteiger partial charge in [0.15, 0.2) is 11.5 Å². The first-order valence-electron chi connectivity index (χ1n) is 33.0. The molecule has 14 N–H and O–H groups in total. The smallest absolute Gasteiger partial charge is 0.870 e. The zero-order valence-corrected chi connectivity index (χ0v) is 63.3. The Morgan fingerprint density at radius 1 is 0.564 bits per heavy atom. The molecule has 626 valence electrons. The Morgan fingerprint density at radius 2 is 0.918 bits per heavy atom. The van der Waals surface area contributed by atoms with Crippen LogP contribution in [0.5, 0.6) is 23.0 Å². The number of carboxylic acid groups (broad SMARTS) is 2. The number of rotatable bonds is 52. The van der Waals surface area contributed by atoms with E-state index in [0.29, 0.717) is 71.1 Å². The van der Waals surface area contributed by atoms with Crippen LogP contribution < -0.4 is 61.5 Å². The van der Waals surface area contributed by atoms with Crippen molar-refractivity contribution in [2.75, 3.05) is 119 Å². The van der Waals surface area contributed by atoms with E-state index in [9.17, 15) is 98.2 Å². The summed E-state index contributed by atoms with van der Waals surface area (Å²) in [5.41, 5.74) is 15.2. The number of halogens is 2. The molecule has 5 amide bonds. The topological polar surface area (TPSA) is 662 Å². The van der Waals surface area contributed by atoms with E-state index in [4.69, 9.17) is 57.2 Å². The number of allylic oxidation sites excluding steroid dienone is 2. The van der Waals surface area contributed by atoms with E-state index in [1.807, 2.05) is 0 Å². The van der Waals surface area contributed by atoms with E-state index in [1.165, 1.54) is 52.7 Å². The van der Waals surface area contributed by atoms with Gasteiger partial charge >= 0.3 is 42.7 Å². The largest absolute Gasteiger partial charge is 1.00 e. The van der Waals surface area contributed by atoms with Crippen molar-refractivity contribution in [2.45, 2.75) is 141 Å². The van der Waals surface area contributed by atoms with Gasteiger partial charge in [-0.15, -0.1) is 66.0 Å². The maximum Gasteiger partial charge on any atom is 1.00 e. The van der Waals surface area contributed by atoms with Crippen LogP contribution in [0.25, 0.3) is 0 Å². The molecule has 0 fully saturated rings. The molecule has 0 aliphatic carbocycles. The number of unbranched alkanes of at least 4 members (excludes halogenated alkanes) is 2. The summed E-state index contributed by atoms with van der Waals surface area (Å²) >= 11 is 0. The van der Waals surface area contributed by atoms with Gasteiger partial charge in [-0.05, 0) is 101 Å². The first-order valence-corrected chi connectivity index (χ1v) is 32.3. The molecule has 2 aromatic carbocycles. The standard InChI is InChI=1S/C20H29N5O13.C14H21N3O6.C8H15NO5.C7H13NO5.C7H12O2.C6H10O2.CH3F.ClH.Li.H2O/c1-34-15-6-5-14(19(28)18(15)20(21)29)23-17(27)12-36-10-9-35-8-7-22-16(26)4-2-3-13(38-25(32)33)11-37-24(30)31;1-21-10-3-2-9(13(19)12(10)14(16)20)17-11(18)8-23-7-6-22-5-4-15;1-3-7(14-9(11)12)5-4-6-8(10)13-2;1-2-6(13-8(11)12)4-3-5-7(9)10;1-3-4-5-6-7(8)9-2;1-2-3-4-5-6(7)8;1-2;;;/h5-6,13,28H,2-4,7-12H2,1H3,(H2,21,29)(H,22,26)(H,23,27);2-3,19H,4-8,15H2,1H3,(H2,16,20)(H,17,18);7H,3-6H2,1-2H3;6H,2-5H2,1H3,(H,9,10);3H,1,4-6H2,2H3;2H,1,3-5H2,(H,7,8);1H3;1H;;1H2/q;;;;;;;;+1;/p-1/i;;;;;;1D;;;. The van der Waals surface area contributed by atoms with Gasteiger partial charge < -0.3 is 116 Å². The second-order valence-electron chi connectivity index (χ2n) is 20.5. The third-order valence-electron chi connectivity index (χ3n) is 12.6. The van der Waals surface area contributed by atoms with Crippen molar-refractivity contribution < 1.29 is 171 Å². The van der Waals surface area contributed by atoms with Crippen molar-refractivity contribution in [2.24, 2.45) is 17.2 Å². The zero-order valence-electron chi connectivity index (χ0n) is 63.5. The Morgan fingerprint density at radius 3 is 1.27 bits per heavy atom. The summed E-state index contributed by atoms with van der Waals surface area (Å²) in [4.78, 5) is 157. The monoisotopic (exact) mass is 1610 g/mol. The minimum absolute atomic E-state index is 0. The summed E-state index contributed by atoms with van der Waals surface area (Å²) in [6.45, 7) is 11.2. The number of amides is 5. The van der Waals surface area contributed by atoms with Crippen LogP contribution in [0.3, 0.4) is 0 Å². The molecule has 47 heteroatoms. The number of aromatic hydroxyl groups is 2. The number of nitrogens with two attached hydrogens (primary N) is 3. The number of benzene rings is 2. The number of carbonyl (C=O) groups is 9. The van der Waals surface area contributed by atoms with Gasteiger partial charge in [0.1, 0.15) is 60.8 Å². The van der Waals surface area contributed by atoms with Crippen molar-refractivity contribution in [3.8, 4) is 23.0 Å². The summed E-state index contributed by atoms with van der Waals surface area (Å²) in [5, 5.41) is 80.7. The number of phenols is 2. The molecule has 0 saturated carbocycles. The maximum atomic E-state index is 12.0. The SMILES string of the molecule is C=CCCCC(=O)O.C=CCCCC(=O)OC.CCC(CCCC(=O)O)O[N+](=O)[O-].CCC(CCCC(=O)OC)O[N+](=O)[O-].COc1ccc(NC(=O)COCCOCCN)c(O)c1C(N)=O.COc1ccc(NC(=O)COCCOCCNC(=O)CCCC(CO[N+](=O)[O-])O[N+](=O)[O-])c(O)c1C(N)=O.Cl.[2H]CF.[Li+].[OH-]. The quantitative estimate of drug-likeness (QED) is 0.00864. The number of hydrogen-bond donors (Lipinski definition) is 10. The second kappa shape index (κ2) is 76.9. The second-order valence-corrected chi connectivity index (χ2v) is 20.5. The number of methoxy groups -OCH3 is 4. The van der Waals surface area contributed by atoms with Crippen LogP contribution in [0.15, 0.2) is 49.6 Å². The van der Waals surface area contributed by atoms with Crippen LogP contribution >= 0.6 is 12.4 Å². The molecule has 110 heavy (non-hydrogen) atoms. The summed E-state index contributed by atoms with van der Waals surface area (Å²) < 4.78 is 54.8. The predicted molar refractivity (Wildman–Crippen MR) is 383 cm³/mol. The van der Waals surface area contributed by atoms with Crippen LogP contribution in [0.1, 0.15) is 145 Å². The number of carbonyl (C=O) groups excluding carboxylic acids is 7. The van der Waals surface area contributed by atoms with Crippen molar-refractivity contribution in [3.63, 3.8) is 0 Å². The molecule has 0 saturated heterocycles. The molecule has 0 bridgehead atoms. The zero-order chi connectivity index (χ0) is 83.2. The predicted octanol–water partition coefficient (Wildman–Crippen LogP) is 2.30. The summed E-state index contributed by atoms with van der Waals surface area (Å²) in [6, 6.07) is 5.50. The molecule has 0 aliphatic heterocycles. The Kier molecular flexibility index (Phi) is 79.0. The molecule has 2 aromatic rings. The minimum Gasteiger partial charge on any atom is -0.870 e. The molecular weight excluding hydrogens is 1500 g/mol. The number of hydrogen-bond acceptors (Lipinski definition) is 33. The number of primary amides is 2. The van der Waals surface area contributed by atoms with Crippen LogP contribution in [0.2, 0.25) is 0 Å². The average Bonchev–Trinajstić information content (AvgIpc) is 0.824. The van der Waals surface area contributed by atoms with Crippen molar-refractivity contribution >= 4 is 77.2 Å².